The third-order valence-electron chi connectivity index (χ3n) is 0.976. The molecule has 0 amide bonds. The van der Waals surface area contributed by atoms with Crippen molar-refractivity contribution in [2.45, 2.75) is 18.9 Å². The lowest BCUT2D eigenvalue weighted by molar-refractivity contribution is 0.260. The second kappa shape index (κ2) is 4.81. The predicted molar refractivity (Wildman–Crippen MR) is 34.5 cm³/mol. The zero-order valence-electron chi connectivity index (χ0n) is 5.01. The summed E-state index contributed by atoms with van der Waals surface area (Å²) in [6.07, 6.45) is 3.53. The van der Waals surface area contributed by atoms with Gasteiger partial charge in [0.1, 0.15) is 0 Å². The molecule has 0 aliphatic rings. The molecule has 48 valence electrons. The summed E-state index contributed by atoms with van der Waals surface area (Å²) in [7, 11) is 0. The molecular formula is C6H13NO. The van der Waals surface area contributed by atoms with Crippen molar-refractivity contribution in [1.29, 1.82) is 0 Å². The Kier molecular flexibility index (Phi) is 4.61. The van der Waals surface area contributed by atoms with Gasteiger partial charge in [-0.05, 0) is 12.8 Å². The zero-order chi connectivity index (χ0) is 6.41. The Bertz CT molecular complexity index is 63.5. The van der Waals surface area contributed by atoms with E-state index in [1.807, 2.05) is 0 Å². The van der Waals surface area contributed by atoms with Crippen LogP contribution in [-0.4, -0.2) is 17.8 Å². The Morgan fingerprint density at radius 2 is 2.38 bits per heavy atom. The molecule has 0 saturated heterocycles. The molecule has 0 saturated carbocycles. The number of hydrogen-bond acceptors (Lipinski definition) is 2. The minimum atomic E-state index is -0.0620. The van der Waals surface area contributed by atoms with Crippen LogP contribution < -0.4 is 5.73 Å². The molecule has 0 aromatic carbocycles. The third-order valence-corrected chi connectivity index (χ3v) is 0.976. The summed E-state index contributed by atoms with van der Waals surface area (Å²) >= 11 is 0. The van der Waals surface area contributed by atoms with Gasteiger partial charge in [-0.25, -0.2) is 0 Å². The van der Waals surface area contributed by atoms with E-state index in [2.05, 4.69) is 6.58 Å². The molecule has 0 aliphatic heterocycles. The van der Waals surface area contributed by atoms with Gasteiger partial charge in [-0.15, -0.1) is 6.58 Å². The molecule has 2 nitrogen and oxygen atoms in total. The van der Waals surface area contributed by atoms with Crippen molar-refractivity contribution in [1.82, 2.24) is 0 Å². The monoisotopic (exact) mass is 115 g/mol. The first kappa shape index (κ1) is 7.66. The summed E-state index contributed by atoms with van der Waals surface area (Å²) in [6, 6.07) is -0.0620. The van der Waals surface area contributed by atoms with E-state index in [9.17, 15) is 0 Å². The van der Waals surface area contributed by atoms with Gasteiger partial charge in [-0.2, -0.15) is 0 Å². The molecule has 2 heteroatoms. The molecule has 0 aliphatic carbocycles. The molecule has 0 fully saturated rings. The quantitative estimate of drug-likeness (QED) is 0.517. The normalized spacial score (nSPS) is 13.2. The molecule has 8 heavy (non-hydrogen) atoms. The van der Waals surface area contributed by atoms with Crippen LogP contribution in [0.1, 0.15) is 12.8 Å². The predicted octanol–water partition coefficient (Wildman–Crippen LogP) is 0.272. The Balaban J connectivity index is 2.97. The van der Waals surface area contributed by atoms with Crippen molar-refractivity contribution in [3.8, 4) is 0 Å². The number of nitrogens with two attached hydrogens (primary N) is 1. The maximum Gasteiger partial charge on any atom is 0.0582 e. The van der Waals surface area contributed by atoms with Gasteiger partial charge in [-0.1, -0.05) is 6.08 Å². The summed E-state index contributed by atoms with van der Waals surface area (Å²) in [5.74, 6) is 0. The van der Waals surface area contributed by atoms with E-state index in [0.717, 1.165) is 12.8 Å². The largest absolute Gasteiger partial charge is 0.395 e. The first-order valence-corrected chi connectivity index (χ1v) is 2.78. The van der Waals surface area contributed by atoms with Crippen LogP contribution in [0.4, 0.5) is 0 Å². The number of rotatable bonds is 4. The molecule has 0 aromatic heterocycles. The van der Waals surface area contributed by atoms with Crippen LogP contribution in [0.15, 0.2) is 12.7 Å². The Hall–Kier alpha value is -0.340. The minimum Gasteiger partial charge on any atom is -0.395 e. The van der Waals surface area contributed by atoms with Gasteiger partial charge in [0.15, 0.2) is 0 Å². The molecule has 0 heterocycles. The average Bonchev–Trinajstić information content (AvgIpc) is 1.83. The van der Waals surface area contributed by atoms with Gasteiger partial charge in [0, 0.05) is 6.04 Å². The summed E-state index contributed by atoms with van der Waals surface area (Å²) in [5, 5.41) is 8.40. The number of aliphatic hydroxyl groups is 1. The van der Waals surface area contributed by atoms with E-state index in [4.69, 9.17) is 10.8 Å². The summed E-state index contributed by atoms with van der Waals surface area (Å²) in [5.41, 5.74) is 5.36. The van der Waals surface area contributed by atoms with Crippen LogP contribution in [-0.2, 0) is 0 Å². The third kappa shape index (κ3) is 3.84. The van der Waals surface area contributed by atoms with Gasteiger partial charge in [0.25, 0.3) is 0 Å². The molecular weight excluding hydrogens is 102 g/mol. The highest BCUT2D eigenvalue weighted by Gasteiger charge is 1.95. The fourth-order valence-corrected chi connectivity index (χ4v) is 0.423. The van der Waals surface area contributed by atoms with Crippen LogP contribution in [0, 0.1) is 0 Å². The molecule has 0 unspecified atom stereocenters. The fraction of sp³-hybridized carbons (Fsp3) is 0.667. The van der Waals surface area contributed by atoms with Gasteiger partial charge in [0.05, 0.1) is 6.61 Å². The van der Waals surface area contributed by atoms with Gasteiger partial charge in [0.2, 0.25) is 0 Å². The van der Waals surface area contributed by atoms with Crippen molar-refractivity contribution in [3.05, 3.63) is 12.7 Å². The van der Waals surface area contributed by atoms with Crippen molar-refractivity contribution >= 4 is 0 Å². The maximum atomic E-state index is 8.40. The average molecular weight is 115 g/mol. The molecule has 3 N–H and O–H groups in total. The molecule has 0 radical (unpaired) electrons. The standard InChI is InChI=1S/C6H13NO/c1-2-3-4-6(7)5-8/h2,6,8H,1,3-5,7H2/t6-/m1/s1. The molecule has 0 bridgehead atoms. The van der Waals surface area contributed by atoms with E-state index in [-0.39, 0.29) is 12.6 Å². The van der Waals surface area contributed by atoms with E-state index in [1.165, 1.54) is 0 Å². The number of allylic oxidation sites excluding steroid dienone is 1. The topological polar surface area (TPSA) is 46.2 Å². The summed E-state index contributed by atoms with van der Waals surface area (Å²) < 4.78 is 0. The van der Waals surface area contributed by atoms with Gasteiger partial charge >= 0.3 is 0 Å². The summed E-state index contributed by atoms with van der Waals surface area (Å²) in [4.78, 5) is 0. The second-order valence-corrected chi connectivity index (χ2v) is 1.81. The lowest BCUT2D eigenvalue weighted by Crippen LogP contribution is -2.23. The second-order valence-electron chi connectivity index (χ2n) is 1.81. The lowest BCUT2D eigenvalue weighted by Gasteiger charge is -2.02. The zero-order valence-corrected chi connectivity index (χ0v) is 5.01. The smallest absolute Gasteiger partial charge is 0.0582 e. The van der Waals surface area contributed by atoms with Crippen molar-refractivity contribution in [3.63, 3.8) is 0 Å². The van der Waals surface area contributed by atoms with E-state index >= 15 is 0 Å². The molecule has 0 rings (SSSR count). The van der Waals surface area contributed by atoms with Crippen LogP contribution in [0.25, 0.3) is 0 Å². The van der Waals surface area contributed by atoms with Crippen molar-refractivity contribution in [2.24, 2.45) is 5.73 Å². The maximum absolute atomic E-state index is 8.40. The van der Waals surface area contributed by atoms with Crippen LogP contribution >= 0.6 is 0 Å². The number of hydrogen-bond donors (Lipinski definition) is 2. The highest BCUT2D eigenvalue weighted by atomic mass is 16.3. The highest BCUT2D eigenvalue weighted by Crippen LogP contribution is 1.92. The lowest BCUT2D eigenvalue weighted by atomic mass is 10.2. The van der Waals surface area contributed by atoms with Crippen LogP contribution in [0.5, 0.6) is 0 Å². The van der Waals surface area contributed by atoms with E-state index in [1.54, 1.807) is 6.08 Å². The summed E-state index contributed by atoms with van der Waals surface area (Å²) in [6.45, 7) is 3.61. The Labute approximate surface area is 50.0 Å². The molecule has 0 spiro atoms. The molecule has 0 aromatic rings. The van der Waals surface area contributed by atoms with Gasteiger partial charge in [-0.3, -0.25) is 0 Å². The first-order valence-electron chi connectivity index (χ1n) is 2.78. The molecule has 1 atom stereocenters. The minimum absolute atomic E-state index is 0.0620. The van der Waals surface area contributed by atoms with E-state index in [0.29, 0.717) is 0 Å². The fourth-order valence-electron chi connectivity index (χ4n) is 0.423. The first-order chi connectivity index (χ1) is 3.81. The Morgan fingerprint density at radius 3 is 2.75 bits per heavy atom. The van der Waals surface area contributed by atoms with Crippen LogP contribution in [0.2, 0.25) is 0 Å². The van der Waals surface area contributed by atoms with Gasteiger partial charge < -0.3 is 10.8 Å². The van der Waals surface area contributed by atoms with Crippen molar-refractivity contribution in [2.75, 3.05) is 6.61 Å². The van der Waals surface area contributed by atoms with E-state index < -0.39 is 0 Å². The SMILES string of the molecule is C=CCC[C@@H](N)CO. The van der Waals surface area contributed by atoms with Crippen LogP contribution in [0.3, 0.4) is 0 Å². The highest BCUT2D eigenvalue weighted by molar-refractivity contribution is 4.70. The van der Waals surface area contributed by atoms with Crippen molar-refractivity contribution < 1.29 is 5.11 Å². The number of aliphatic hydroxyl groups excluding tert-OH is 1. The Morgan fingerprint density at radius 1 is 1.75 bits per heavy atom.